The number of likely N-dealkylation sites (tertiary alicyclic amines) is 1. The Morgan fingerprint density at radius 3 is 2.52 bits per heavy atom. The number of fused-ring (bicyclic) bond motifs is 3. The van der Waals surface area contributed by atoms with E-state index in [1.54, 1.807) is 16.7 Å². The number of amides is 1. The summed E-state index contributed by atoms with van der Waals surface area (Å²) >= 11 is 1.38. The number of rotatable bonds is 6. The Morgan fingerprint density at radius 1 is 1.03 bits per heavy atom. The molecule has 1 atom stereocenters. The lowest BCUT2D eigenvalue weighted by atomic mass is 10.1. The van der Waals surface area contributed by atoms with Gasteiger partial charge in [0, 0.05) is 19.6 Å². The second kappa shape index (κ2) is 9.23. The number of nitrogens with zero attached hydrogens (tertiary/aromatic N) is 5. The third-order valence-electron chi connectivity index (χ3n) is 6.01. The number of thioether (sulfide) groups is 1. The van der Waals surface area contributed by atoms with Crippen molar-refractivity contribution in [3.63, 3.8) is 0 Å². The topological polar surface area (TPSA) is 72.5 Å². The van der Waals surface area contributed by atoms with E-state index >= 15 is 0 Å². The van der Waals surface area contributed by atoms with Gasteiger partial charge in [0.05, 0.1) is 10.9 Å². The number of carbonyl (C=O) groups is 1. The molecule has 0 aliphatic carbocycles. The molecular weight excluding hydrogens is 434 g/mol. The van der Waals surface area contributed by atoms with Gasteiger partial charge in [-0.2, -0.15) is 0 Å². The van der Waals surface area contributed by atoms with Gasteiger partial charge in [-0.05, 0) is 37.0 Å². The predicted molar refractivity (Wildman–Crippen MR) is 130 cm³/mol. The number of hydrogen-bond acceptors (Lipinski definition) is 5. The molecule has 0 spiro atoms. The number of allylic oxidation sites excluding steroid dienone is 1. The fourth-order valence-electron chi connectivity index (χ4n) is 4.38. The highest BCUT2D eigenvalue weighted by atomic mass is 32.2. The largest absolute Gasteiger partial charge is 0.341 e. The molecular formula is C25H25N5O2S. The first kappa shape index (κ1) is 21.5. The van der Waals surface area contributed by atoms with Crippen molar-refractivity contribution >= 4 is 34.3 Å². The summed E-state index contributed by atoms with van der Waals surface area (Å²) in [5.74, 6) is 0.532. The molecule has 4 aromatic rings. The minimum atomic E-state index is -0.449. The van der Waals surface area contributed by atoms with Gasteiger partial charge in [0.15, 0.2) is 5.16 Å². The lowest BCUT2D eigenvalue weighted by Gasteiger charge is -2.30. The maximum atomic E-state index is 13.6. The van der Waals surface area contributed by atoms with Crippen LogP contribution in [0.2, 0.25) is 0 Å². The van der Waals surface area contributed by atoms with Crippen LogP contribution in [0.3, 0.4) is 0 Å². The maximum absolute atomic E-state index is 13.6. The van der Waals surface area contributed by atoms with Crippen LogP contribution in [0, 0.1) is 0 Å². The Bertz CT molecular complexity index is 1370. The number of carbonyl (C=O) groups excluding carboxylic acids is 1. The van der Waals surface area contributed by atoms with Crippen molar-refractivity contribution in [2.75, 3.05) is 13.1 Å². The molecule has 168 valence electrons. The molecule has 1 aliphatic rings. The van der Waals surface area contributed by atoms with Crippen LogP contribution in [0.25, 0.3) is 16.7 Å². The molecule has 2 aromatic heterocycles. The van der Waals surface area contributed by atoms with E-state index in [4.69, 9.17) is 0 Å². The molecule has 1 aliphatic heterocycles. The Kier molecular flexibility index (Phi) is 6.00. The van der Waals surface area contributed by atoms with E-state index in [0.717, 1.165) is 43.4 Å². The molecule has 8 heteroatoms. The van der Waals surface area contributed by atoms with E-state index in [0.29, 0.717) is 22.9 Å². The van der Waals surface area contributed by atoms with Crippen LogP contribution < -0.4 is 5.56 Å². The summed E-state index contributed by atoms with van der Waals surface area (Å²) in [4.78, 5) is 28.7. The Balaban J connectivity index is 1.65. The molecule has 1 saturated heterocycles. The Hall–Kier alpha value is -3.39. The first-order chi connectivity index (χ1) is 16.2. The number of hydrogen-bond donors (Lipinski definition) is 0. The Morgan fingerprint density at radius 2 is 1.76 bits per heavy atom. The van der Waals surface area contributed by atoms with E-state index in [2.05, 4.69) is 16.8 Å². The highest BCUT2D eigenvalue weighted by Gasteiger charge is 2.30. The zero-order valence-corrected chi connectivity index (χ0v) is 19.1. The van der Waals surface area contributed by atoms with Gasteiger partial charge in [0.25, 0.3) is 5.56 Å². The van der Waals surface area contributed by atoms with Crippen molar-refractivity contribution < 1.29 is 4.79 Å². The monoisotopic (exact) mass is 459 g/mol. The van der Waals surface area contributed by atoms with Crippen molar-refractivity contribution in [2.45, 2.75) is 36.2 Å². The smallest absolute Gasteiger partial charge is 0.263 e. The zero-order chi connectivity index (χ0) is 22.8. The number of para-hydroxylation sites is 1. The summed E-state index contributed by atoms with van der Waals surface area (Å²) in [6, 6.07) is 17.2. The first-order valence-corrected chi connectivity index (χ1v) is 12.0. The number of piperidine rings is 1. The summed E-state index contributed by atoms with van der Waals surface area (Å²) < 4.78 is 3.45. The third-order valence-corrected chi connectivity index (χ3v) is 7.19. The van der Waals surface area contributed by atoms with Gasteiger partial charge >= 0.3 is 0 Å². The van der Waals surface area contributed by atoms with Crippen LogP contribution in [-0.2, 0) is 11.3 Å². The minimum absolute atomic E-state index is 0.0892. The van der Waals surface area contributed by atoms with Gasteiger partial charge in [-0.3, -0.25) is 18.6 Å². The van der Waals surface area contributed by atoms with Crippen molar-refractivity contribution in [2.24, 2.45) is 0 Å². The fraction of sp³-hybridized carbons (Fsp3) is 0.280. The van der Waals surface area contributed by atoms with E-state index in [-0.39, 0.29) is 11.5 Å². The van der Waals surface area contributed by atoms with Crippen molar-refractivity contribution in [1.29, 1.82) is 0 Å². The predicted octanol–water partition coefficient (Wildman–Crippen LogP) is 4.08. The van der Waals surface area contributed by atoms with Crippen molar-refractivity contribution in [1.82, 2.24) is 24.1 Å². The summed E-state index contributed by atoms with van der Waals surface area (Å²) in [7, 11) is 0. The van der Waals surface area contributed by atoms with E-state index < -0.39 is 5.25 Å². The highest BCUT2D eigenvalue weighted by Crippen LogP contribution is 2.37. The SMILES string of the molecule is C=CCn1c(=O)c2ccccc2n2c(SC(C(=O)N3CCCCC3)c3ccccc3)nnc12. The lowest BCUT2D eigenvalue weighted by Crippen LogP contribution is -2.38. The average molecular weight is 460 g/mol. The van der Waals surface area contributed by atoms with Gasteiger partial charge in [0.2, 0.25) is 11.7 Å². The summed E-state index contributed by atoms with van der Waals surface area (Å²) in [6.45, 7) is 5.67. The van der Waals surface area contributed by atoms with Crippen LogP contribution in [0.1, 0.15) is 30.1 Å². The quantitative estimate of drug-likeness (QED) is 0.321. The van der Waals surface area contributed by atoms with Gasteiger partial charge in [0.1, 0.15) is 5.25 Å². The molecule has 7 nitrogen and oxygen atoms in total. The number of aromatic nitrogens is 4. The molecule has 1 fully saturated rings. The van der Waals surface area contributed by atoms with Gasteiger partial charge in [-0.25, -0.2) is 0 Å². The van der Waals surface area contributed by atoms with E-state index in [9.17, 15) is 9.59 Å². The van der Waals surface area contributed by atoms with Gasteiger partial charge < -0.3 is 4.90 Å². The molecule has 5 rings (SSSR count). The van der Waals surface area contributed by atoms with Crippen molar-refractivity contribution in [3.05, 3.63) is 83.2 Å². The molecule has 33 heavy (non-hydrogen) atoms. The molecule has 0 radical (unpaired) electrons. The summed E-state index contributed by atoms with van der Waals surface area (Å²) in [6.07, 6.45) is 4.90. The maximum Gasteiger partial charge on any atom is 0.263 e. The van der Waals surface area contributed by atoms with Gasteiger partial charge in [-0.1, -0.05) is 60.3 Å². The van der Waals surface area contributed by atoms with Crippen molar-refractivity contribution in [3.8, 4) is 0 Å². The molecule has 0 saturated carbocycles. The Labute approximate surface area is 195 Å². The second-order valence-corrected chi connectivity index (χ2v) is 9.21. The minimum Gasteiger partial charge on any atom is -0.341 e. The summed E-state index contributed by atoms with van der Waals surface area (Å²) in [5, 5.41) is 9.49. The van der Waals surface area contributed by atoms with Crippen LogP contribution in [0.5, 0.6) is 0 Å². The molecule has 3 heterocycles. The summed E-state index contributed by atoms with van der Waals surface area (Å²) in [5.41, 5.74) is 1.52. The zero-order valence-electron chi connectivity index (χ0n) is 18.3. The average Bonchev–Trinajstić information content (AvgIpc) is 3.29. The molecule has 1 amide bonds. The second-order valence-electron chi connectivity index (χ2n) is 8.13. The van der Waals surface area contributed by atoms with Crippen LogP contribution in [-0.4, -0.2) is 43.1 Å². The lowest BCUT2D eigenvalue weighted by molar-refractivity contribution is -0.131. The number of benzene rings is 2. The molecule has 0 bridgehead atoms. The fourth-order valence-corrected chi connectivity index (χ4v) is 5.51. The van der Waals surface area contributed by atoms with Crippen LogP contribution >= 0.6 is 11.8 Å². The third kappa shape index (κ3) is 3.95. The van der Waals surface area contributed by atoms with Gasteiger partial charge in [-0.15, -0.1) is 16.8 Å². The highest BCUT2D eigenvalue weighted by molar-refractivity contribution is 8.00. The normalized spacial score (nSPS) is 15.1. The molecule has 1 unspecified atom stereocenters. The molecule has 0 N–H and O–H groups in total. The van der Waals surface area contributed by atoms with Crippen LogP contribution in [0.15, 0.2) is 77.2 Å². The molecule has 2 aromatic carbocycles. The first-order valence-electron chi connectivity index (χ1n) is 11.2. The van der Waals surface area contributed by atoms with Crippen LogP contribution in [0.4, 0.5) is 0 Å². The van der Waals surface area contributed by atoms with E-state index in [1.165, 1.54) is 11.8 Å². The standard InChI is InChI=1S/C25H25N5O2S/c1-2-15-29-22(31)19-13-7-8-14-20(19)30-24(29)26-27-25(30)33-21(18-11-5-3-6-12-18)23(32)28-16-9-4-10-17-28/h2-3,5-8,11-14,21H,1,4,9-10,15-17H2. The van der Waals surface area contributed by atoms with E-state index in [1.807, 2.05) is 57.8 Å².